The number of benzene rings is 4. The highest BCUT2D eigenvalue weighted by atomic mass is 17.1. The molecule has 2 atom stereocenters. The van der Waals surface area contributed by atoms with Crippen LogP contribution >= 0.6 is 0 Å². The van der Waals surface area contributed by atoms with Crippen LogP contribution in [0.5, 0.6) is 23.0 Å². The molecule has 0 aromatic heterocycles. The van der Waals surface area contributed by atoms with Crippen molar-refractivity contribution in [3.8, 4) is 23.0 Å². The zero-order valence-corrected chi connectivity index (χ0v) is 32.5. The van der Waals surface area contributed by atoms with E-state index in [4.69, 9.17) is 48.4 Å². The van der Waals surface area contributed by atoms with Crippen molar-refractivity contribution in [1.82, 2.24) is 10.3 Å². The van der Waals surface area contributed by atoms with E-state index >= 15 is 0 Å². The van der Waals surface area contributed by atoms with E-state index in [9.17, 15) is 4.79 Å². The zero-order chi connectivity index (χ0) is 39.5. The molecule has 302 valence electrons. The van der Waals surface area contributed by atoms with Crippen LogP contribution < -0.4 is 18.9 Å². The molecule has 0 spiro atoms. The van der Waals surface area contributed by atoms with Crippen LogP contribution in [-0.4, -0.2) is 93.6 Å². The second-order valence-corrected chi connectivity index (χ2v) is 13.5. The van der Waals surface area contributed by atoms with Gasteiger partial charge in [0, 0.05) is 57.2 Å². The highest BCUT2D eigenvalue weighted by Gasteiger charge is 2.33. The van der Waals surface area contributed by atoms with Crippen LogP contribution in [0.3, 0.4) is 0 Å². The minimum Gasteiger partial charge on any atom is -0.497 e. The fourth-order valence-corrected chi connectivity index (χ4v) is 6.62. The van der Waals surface area contributed by atoms with Crippen molar-refractivity contribution >= 4 is 5.91 Å². The number of para-hydroxylation sites is 1. The molecule has 0 radical (unpaired) electrons. The molecule has 1 heterocycles. The van der Waals surface area contributed by atoms with Crippen LogP contribution in [0.2, 0.25) is 0 Å². The van der Waals surface area contributed by atoms with Gasteiger partial charge in [0.15, 0.2) is 0 Å². The average Bonchev–Trinajstić information content (AvgIpc) is 3.22. The number of methoxy groups -OCH3 is 3. The Morgan fingerprint density at radius 2 is 1.48 bits per heavy atom. The lowest BCUT2D eigenvalue weighted by molar-refractivity contribution is -0.497. The third-order valence-corrected chi connectivity index (χ3v) is 9.47. The third-order valence-electron chi connectivity index (χ3n) is 9.47. The lowest BCUT2D eigenvalue weighted by Crippen LogP contribution is -2.47. The van der Waals surface area contributed by atoms with Crippen molar-refractivity contribution in [2.45, 2.75) is 57.5 Å². The van der Waals surface area contributed by atoms with Crippen molar-refractivity contribution in [2.24, 2.45) is 0 Å². The van der Waals surface area contributed by atoms with Gasteiger partial charge < -0.3 is 38.1 Å². The van der Waals surface area contributed by atoms with E-state index in [1.54, 1.807) is 27.4 Å². The Bertz CT molecular complexity index is 1770. The van der Waals surface area contributed by atoms with Gasteiger partial charge in [-0.3, -0.25) is 15.2 Å². The summed E-state index contributed by atoms with van der Waals surface area (Å²) in [6, 6.07) is 29.0. The summed E-state index contributed by atoms with van der Waals surface area (Å²) in [5.74, 6) is 2.96. The molecule has 0 saturated carbocycles. The maximum atomic E-state index is 13.7. The molecule has 1 fully saturated rings. The molecule has 0 aliphatic carbocycles. The summed E-state index contributed by atoms with van der Waals surface area (Å²) in [4.78, 5) is 20.3. The number of ether oxygens (including phenoxy) is 7. The molecule has 1 unspecified atom stereocenters. The molecule has 4 aromatic rings. The highest BCUT2D eigenvalue weighted by Crippen LogP contribution is 2.33. The summed E-state index contributed by atoms with van der Waals surface area (Å²) >= 11 is 0. The summed E-state index contributed by atoms with van der Waals surface area (Å²) in [6.07, 6.45) is 2.11. The monoisotopic (exact) mass is 774 g/mol. The number of hydrogen-bond acceptors (Lipinski definition) is 12. The fraction of sp³-hybridized carbons (Fsp3) is 0.419. The quantitative estimate of drug-likeness (QED) is 0.0609. The van der Waals surface area contributed by atoms with Crippen LogP contribution in [0.25, 0.3) is 0 Å². The number of piperidine rings is 1. The van der Waals surface area contributed by atoms with Gasteiger partial charge >= 0.3 is 0 Å². The number of amides is 1. The van der Waals surface area contributed by atoms with Gasteiger partial charge in [0.1, 0.15) is 23.0 Å². The first-order valence-electron chi connectivity index (χ1n) is 18.8. The Morgan fingerprint density at radius 3 is 2.25 bits per heavy atom. The van der Waals surface area contributed by atoms with Crippen LogP contribution in [0, 0.1) is 0 Å². The highest BCUT2D eigenvalue weighted by molar-refractivity contribution is 5.79. The van der Waals surface area contributed by atoms with E-state index in [1.807, 2.05) is 77.7 Å². The Kier molecular flexibility index (Phi) is 17.2. The number of likely N-dealkylation sites (tertiary alicyclic amines) is 1. The van der Waals surface area contributed by atoms with E-state index in [0.29, 0.717) is 76.2 Å². The van der Waals surface area contributed by atoms with E-state index in [2.05, 4.69) is 12.1 Å². The molecule has 13 heteroatoms. The van der Waals surface area contributed by atoms with E-state index in [0.717, 1.165) is 46.6 Å². The summed E-state index contributed by atoms with van der Waals surface area (Å²) < 4.78 is 40.6. The maximum Gasteiger partial charge on any atom is 0.227 e. The van der Waals surface area contributed by atoms with Gasteiger partial charge in [0.2, 0.25) is 5.91 Å². The summed E-state index contributed by atoms with van der Waals surface area (Å²) in [6.45, 7) is 3.91. The standard InChI is InChI=1S/C43H54N2O11/c1-49-19-7-21-54-39-25-34(24-38(27-39)50-2)29-55-42-28-44(43(46)26-32-9-6-10-33(23-32)30-56-45(47)48)18-17-40(42)35-13-15-37(16-14-35)53-22-8-20-52-31-36-11-4-5-12-41(36)51-3/h4-6,9-16,23-25,27,40,42,47-48H,7-8,17-22,26,28-31H2,1-3H3/t40-,42?/m1/s1. The number of carbonyl (C=O) groups excluding carboxylic acids is 1. The Labute approximate surface area is 329 Å². The van der Waals surface area contributed by atoms with Gasteiger partial charge in [0.25, 0.3) is 0 Å². The maximum absolute atomic E-state index is 13.7. The lowest BCUT2D eigenvalue weighted by atomic mass is 9.86. The summed E-state index contributed by atoms with van der Waals surface area (Å²) in [5, 5.41) is 17.5. The second kappa shape index (κ2) is 22.7. The molecule has 2 N–H and O–H groups in total. The Balaban J connectivity index is 1.21. The van der Waals surface area contributed by atoms with Crippen LogP contribution in [0.4, 0.5) is 0 Å². The minimum absolute atomic E-state index is 0.0233. The normalized spacial score (nSPS) is 15.5. The average molecular weight is 775 g/mol. The predicted molar refractivity (Wildman–Crippen MR) is 207 cm³/mol. The molecule has 1 aliphatic rings. The van der Waals surface area contributed by atoms with Crippen molar-refractivity contribution in [1.29, 1.82) is 0 Å². The van der Waals surface area contributed by atoms with Crippen molar-refractivity contribution < 1.29 is 53.2 Å². The van der Waals surface area contributed by atoms with Crippen LogP contribution in [-0.2, 0) is 50.1 Å². The molecule has 1 aliphatic heterocycles. The predicted octanol–water partition coefficient (Wildman–Crippen LogP) is 6.76. The molecule has 0 bridgehead atoms. The number of nitrogens with zero attached hydrogens (tertiary/aromatic N) is 2. The van der Waals surface area contributed by atoms with Gasteiger partial charge in [-0.05, 0) is 59.0 Å². The second-order valence-electron chi connectivity index (χ2n) is 13.5. The molecule has 5 rings (SSSR count). The van der Waals surface area contributed by atoms with Gasteiger partial charge in [0.05, 0.1) is 71.8 Å². The van der Waals surface area contributed by atoms with Crippen molar-refractivity contribution in [3.63, 3.8) is 0 Å². The largest absolute Gasteiger partial charge is 0.497 e. The van der Waals surface area contributed by atoms with Gasteiger partial charge in [-0.25, -0.2) is 4.84 Å². The Morgan fingerprint density at radius 1 is 0.732 bits per heavy atom. The fourth-order valence-electron chi connectivity index (χ4n) is 6.62. The van der Waals surface area contributed by atoms with Crippen molar-refractivity contribution in [2.75, 3.05) is 60.8 Å². The number of rotatable bonds is 23. The first-order valence-corrected chi connectivity index (χ1v) is 18.8. The lowest BCUT2D eigenvalue weighted by Gasteiger charge is -2.39. The van der Waals surface area contributed by atoms with Gasteiger partial charge in [-0.2, -0.15) is 0 Å². The minimum atomic E-state index is -0.325. The smallest absolute Gasteiger partial charge is 0.227 e. The summed E-state index contributed by atoms with van der Waals surface area (Å²) in [7, 11) is 4.95. The third kappa shape index (κ3) is 13.5. The molecular weight excluding hydrogens is 720 g/mol. The van der Waals surface area contributed by atoms with Crippen LogP contribution in [0.1, 0.15) is 53.0 Å². The van der Waals surface area contributed by atoms with E-state index in [1.165, 1.54) is 0 Å². The summed E-state index contributed by atoms with van der Waals surface area (Å²) in [5.41, 5.74) is 4.51. The molecule has 56 heavy (non-hydrogen) atoms. The van der Waals surface area contributed by atoms with Crippen molar-refractivity contribution in [3.05, 3.63) is 119 Å². The molecule has 4 aromatic carbocycles. The zero-order valence-electron chi connectivity index (χ0n) is 32.5. The van der Waals surface area contributed by atoms with E-state index < -0.39 is 0 Å². The van der Waals surface area contributed by atoms with Gasteiger partial charge in [-0.15, -0.1) is 0 Å². The van der Waals surface area contributed by atoms with E-state index in [-0.39, 0.29) is 36.3 Å². The topological polar surface area (TPSA) is 138 Å². The SMILES string of the molecule is COCCCOc1cc(COC2CN(C(=O)Cc3cccc(CON(O)O)c3)CC[C@@H]2c2ccc(OCCCOCc3ccccc3OC)cc2)cc(OC)c1. The number of carbonyl (C=O) groups is 1. The first-order chi connectivity index (χ1) is 27.3. The Hall–Kier alpha value is -4.73. The first kappa shape index (κ1) is 42.4. The molecule has 13 nitrogen and oxygen atoms in total. The van der Waals surface area contributed by atoms with Gasteiger partial charge in [-0.1, -0.05) is 54.6 Å². The molecule has 1 amide bonds. The molecular formula is C43H54N2O11. The van der Waals surface area contributed by atoms with Crippen LogP contribution in [0.15, 0.2) is 91.0 Å². The number of hydrogen-bond donors (Lipinski definition) is 2. The molecule has 1 saturated heterocycles.